The van der Waals surface area contributed by atoms with Gasteiger partial charge in [0, 0.05) is 12.6 Å². The van der Waals surface area contributed by atoms with Crippen molar-refractivity contribution in [3.8, 4) is 0 Å². The van der Waals surface area contributed by atoms with Gasteiger partial charge in [-0.1, -0.05) is 19.9 Å². The van der Waals surface area contributed by atoms with E-state index in [9.17, 15) is 9.50 Å². The van der Waals surface area contributed by atoms with Crippen LogP contribution in [0.15, 0.2) is 18.2 Å². The number of piperidine rings is 1. The van der Waals surface area contributed by atoms with Crippen molar-refractivity contribution in [2.45, 2.75) is 46.3 Å². The van der Waals surface area contributed by atoms with E-state index in [1.54, 1.807) is 13.0 Å². The highest BCUT2D eigenvalue weighted by Crippen LogP contribution is 2.33. The molecule has 1 heterocycles. The monoisotopic (exact) mass is 265 g/mol. The summed E-state index contributed by atoms with van der Waals surface area (Å²) in [6, 6.07) is 5.43. The van der Waals surface area contributed by atoms with E-state index in [1.165, 1.54) is 12.5 Å². The quantitative estimate of drug-likeness (QED) is 0.880. The minimum absolute atomic E-state index is 0.230. The molecular formula is C16H24FNO. The van der Waals surface area contributed by atoms with Gasteiger partial charge in [0.2, 0.25) is 0 Å². The number of aliphatic hydroxyl groups excluding tert-OH is 1. The Bertz CT molecular complexity index is 446. The summed E-state index contributed by atoms with van der Waals surface area (Å²) in [7, 11) is 0. The Morgan fingerprint density at radius 1 is 1.32 bits per heavy atom. The molecule has 0 aromatic heterocycles. The molecule has 3 unspecified atom stereocenters. The zero-order valence-electron chi connectivity index (χ0n) is 12.2. The SMILES string of the molecule is CC1CC(C)C(C)N(c2ccc([C@H](C)O)cc2F)C1. The fourth-order valence-corrected chi connectivity index (χ4v) is 3.05. The van der Waals surface area contributed by atoms with Crippen LogP contribution in [-0.2, 0) is 0 Å². The van der Waals surface area contributed by atoms with E-state index in [-0.39, 0.29) is 5.82 Å². The van der Waals surface area contributed by atoms with Crippen molar-refractivity contribution in [1.29, 1.82) is 0 Å². The molecule has 1 saturated heterocycles. The maximum absolute atomic E-state index is 14.3. The minimum Gasteiger partial charge on any atom is -0.389 e. The van der Waals surface area contributed by atoms with Crippen LogP contribution >= 0.6 is 0 Å². The Balaban J connectivity index is 2.30. The first-order valence-corrected chi connectivity index (χ1v) is 7.14. The van der Waals surface area contributed by atoms with Crippen molar-refractivity contribution >= 4 is 5.69 Å². The predicted molar refractivity (Wildman–Crippen MR) is 76.8 cm³/mol. The molecule has 0 radical (unpaired) electrons. The second-order valence-electron chi connectivity index (χ2n) is 6.10. The maximum atomic E-state index is 14.3. The molecule has 4 atom stereocenters. The second-order valence-corrected chi connectivity index (χ2v) is 6.10. The number of anilines is 1. The van der Waals surface area contributed by atoms with Gasteiger partial charge in [0.15, 0.2) is 0 Å². The lowest BCUT2D eigenvalue weighted by Crippen LogP contribution is -2.46. The molecule has 1 N–H and O–H groups in total. The van der Waals surface area contributed by atoms with Crippen LogP contribution in [-0.4, -0.2) is 17.7 Å². The molecule has 0 aliphatic carbocycles. The third-order valence-electron chi connectivity index (χ3n) is 4.36. The molecule has 19 heavy (non-hydrogen) atoms. The van der Waals surface area contributed by atoms with Gasteiger partial charge in [-0.3, -0.25) is 0 Å². The Hall–Kier alpha value is -1.09. The van der Waals surface area contributed by atoms with Gasteiger partial charge in [0.05, 0.1) is 11.8 Å². The van der Waals surface area contributed by atoms with E-state index in [2.05, 4.69) is 25.7 Å². The van der Waals surface area contributed by atoms with Crippen molar-refractivity contribution in [2.24, 2.45) is 11.8 Å². The highest BCUT2D eigenvalue weighted by molar-refractivity contribution is 5.51. The first kappa shape index (κ1) is 14.3. The van der Waals surface area contributed by atoms with Crippen LogP contribution in [0.3, 0.4) is 0 Å². The minimum atomic E-state index is -0.625. The molecule has 1 aromatic carbocycles. The highest BCUT2D eigenvalue weighted by atomic mass is 19.1. The zero-order chi connectivity index (χ0) is 14.2. The Kier molecular flexibility index (Phi) is 4.14. The zero-order valence-corrected chi connectivity index (χ0v) is 12.2. The summed E-state index contributed by atoms with van der Waals surface area (Å²) in [5.41, 5.74) is 1.29. The maximum Gasteiger partial charge on any atom is 0.146 e. The molecule has 1 fully saturated rings. The third kappa shape index (κ3) is 2.92. The van der Waals surface area contributed by atoms with Gasteiger partial charge in [0.25, 0.3) is 0 Å². The lowest BCUT2D eigenvalue weighted by molar-refractivity contribution is 0.199. The second kappa shape index (κ2) is 5.49. The number of nitrogens with zero attached hydrogens (tertiary/aromatic N) is 1. The number of hydrogen-bond acceptors (Lipinski definition) is 2. The van der Waals surface area contributed by atoms with Crippen molar-refractivity contribution in [1.82, 2.24) is 0 Å². The van der Waals surface area contributed by atoms with Crippen LogP contribution in [0.1, 0.15) is 45.8 Å². The smallest absolute Gasteiger partial charge is 0.146 e. The summed E-state index contributed by atoms with van der Waals surface area (Å²) in [6.45, 7) is 9.17. The predicted octanol–water partition coefficient (Wildman–Crippen LogP) is 3.75. The molecule has 0 bridgehead atoms. The van der Waals surface area contributed by atoms with Crippen LogP contribution in [0.2, 0.25) is 0 Å². The standard InChI is InChI=1S/C16H24FNO/c1-10-7-11(2)12(3)18(9-10)16-6-5-14(13(4)19)8-15(16)17/h5-6,8,10-13,19H,7,9H2,1-4H3/t10?,11?,12?,13-/m0/s1. The van der Waals surface area contributed by atoms with Crippen LogP contribution < -0.4 is 4.90 Å². The normalized spacial score (nSPS) is 29.4. The molecule has 106 valence electrons. The largest absolute Gasteiger partial charge is 0.389 e. The summed E-state index contributed by atoms with van der Waals surface area (Å²) in [5, 5.41) is 9.51. The van der Waals surface area contributed by atoms with Crippen LogP contribution in [0, 0.1) is 17.7 Å². The van der Waals surface area contributed by atoms with Gasteiger partial charge in [-0.25, -0.2) is 4.39 Å². The van der Waals surface area contributed by atoms with E-state index < -0.39 is 6.10 Å². The Morgan fingerprint density at radius 3 is 2.58 bits per heavy atom. The van der Waals surface area contributed by atoms with Gasteiger partial charge in [0.1, 0.15) is 5.82 Å². The van der Waals surface area contributed by atoms with E-state index in [0.29, 0.717) is 29.1 Å². The molecular weight excluding hydrogens is 241 g/mol. The molecule has 2 nitrogen and oxygen atoms in total. The van der Waals surface area contributed by atoms with Gasteiger partial charge in [-0.05, 0) is 49.8 Å². The third-order valence-corrected chi connectivity index (χ3v) is 4.36. The van der Waals surface area contributed by atoms with E-state index >= 15 is 0 Å². The Morgan fingerprint density at radius 2 is 2.00 bits per heavy atom. The average Bonchev–Trinajstić information content (AvgIpc) is 2.33. The molecule has 1 aliphatic rings. The van der Waals surface area contributed by atoms with Gasteiger partial charge < -0.3 is 10.0 Å². The van der Waals surface area contributed by atoms with Crippen LogP contribution in [0.4, 0.5) is 10.1 Å². The van der Waals surface area contributed by atoms with E-state index in [1.807, 2.05) is 6.07 Å². The molecule has 0 saturated carbocycles. The summed E-state index contributed by atoms with van der Waals surface area (Å²) >= 11 is 0. The topological polar surface area (TPSA) is 23.5 Å². The highest BCUT2D eigenvalue weighted by Gasteiger charge is 2.30. The first-order chi connectivity index (χ1) is 8.90. The molecule has 0 amide bonds. The Labute approximate surface area is 115 Å². The van der Waals surface area contributed by atoms with Crippen molar-refractivity contribution < 1.29 is 9.50 Å². The summed E-state index contributed by atoms with van der Waals surface area (Å²) in [4.78, 5) is 2.17. The van der Waals surface area contributed by atoms with Gasteiger partial charge >= 0.3 is 0 Å². The summed E-state index contributed by atoms with van der Waals surface area (Å²) < 4.78 is 14.3. The van der Waals surface area contributed by atoms with E-state index in [0.717, 1.165) is 6.54 Å². The number of aliphatic hydroxyl groups is 1. The molecule has 2 rings (SSSR count). The lowest BCUT2D eigenvalue weighted by atomic mass is 9.85. The fraction of sp³-hybridized carbons (Fsp3) is 0.625. The van der Waals surface area contributed by atoms with Gasteiger partial charge in [-0.2, -0.15) is 0 Å². The number of rotatable bonds is 2. The summed E-state index contributed by atoms with van der Waals surface area (Å²) in [6.07, 6.45) is 0.575. The molecule has 1 aromatic rings. The number of halogens is 1. The molecule has 0 spiro atoms. The van der Waals surface area contributed by atoms with Crippen molar-refractivity contribution in [2.75, 3.05) is 11.4 Å². The fourth-order valence-electron chi connectivity index (χ4n) is 3.05. The van der Waals surface area contributed by atoms with Crippen molar-refractivity contribution in [3.05, 3.63) is 29.6 Å². The summed E-state index contributed by atoms with van der Waals surface area (Å²) in [5.74, 6) is 0.924. The number of benzene rings is 1. The average molecular weight is 265 g/mol. The van der Waals surface area contributed by atoms with Crippen molar-refractivity contribution in [3.63, 3.8) is 0 Å². The lowest BCUT2D eigenvalue weighted by Gasteiger charge is -2.42. The molecule has 1 aliphatic heterocycles. The van der Waals surface area contributed by atoms with Crippen LogP contribution in [0.25, 0.3) is 0 Å². The first-order valence-electron chi connectivity index (χ1n) is 7.14. The van der Waals surface area contributed by atoms with Crippen LogP contribution in [0.5, 0.6) is 0 Å². The van der Waals surface area contributed by atoms with E-state index in [4.69, 9.17) is 0 Å². The molecule has 3 heteroatoms. The number of hydrogen-bond donors (Lipinski definition) is 1. The van der Waals surface area contributed by atoms with Gasteiger partial charge in [-0.15, -0.1) is 0 Å².